The maximum atomic E-state index is 14.1. The number of nitrogens with zero attached hydrogens (tertiary/aromatic N) is 1. The number of nitrogens with one attached hydrogen (secondary N) is 2. The number of nitrogens with two attached hydrogens (primary N) is 1. The zero-order chi connectivity index (χ0) is 22.6. The molecule has 0 fully saturated rings. The molecule has 164 valence electrons. The lowest BCUT2D eigenvalue weighted by Crippen LogP contribution is -2.14. The average molecular weight is 450 g/mol. The molecule has 0 saturated heterocycles. The molecule has 1 aromatic heterocycles. The van der Waals surface area contributed by atoms with Gasteiger partial charge in [0.15, 0.2) is 17.3 Å². The normalized spacial score (nSPS) is 11.1. The van der Waals surface area contributed by atoms with Crippen LogP contribution in [-0.2, 0) is 10.0 Å². The Bertz CT molecular complexity index is 1210. The van der Waals surface area contributed by atoms with Crippen molar-refractivity contribution in [2.24, 2.45) is 0 Å². The van der Waals surface area contributed by atoms with Crippen LogP contribution in [0.3, 0.4) is 0 Å². The summed E-state index contributed by atoms with van der Waals surface area (Å²) >= 11 is 0. The number of rotatable bonds is 8. The summed E-state index contributed by atoms with van der Waals surface area (Å²) in [5.41, 5.74) is 7.15. The monoisotopic (exact) mass is 450 g/mol. The fraction of sp³-hybridized carbons (Fsp3) is 0.150. The molecule has 0 unspecified atom stereocenters. The van der Waals surface area contributed by atoms with E-state index in [1.807, 2.05) is 0 Å². The SMILES string of the molecule is CCS(=O)(=O)Nc1ccc(Oc2ccc(F)cc2F)c(Nc2ccnc(OC)c2N)c1. The molecule has 0 aliphatic heterocycles. The van der Waals surface area contributed by atoms with Crippen LogP contribution in [-0.4, -0.2) is 26.3 Å². The molecule has 3 aromatic rings. The fourth-order valence-electron chi connectivity index (χ4n) is 2.58. The third-order valence-electron chi connectivity index (χ3n) is 4.16. The van der Waals surface area contributed by atoms with Crippen molar-refractivity contribution in [2.75, 3.05) is 28.6 Å². The van der Waals surface area contributed by atoms with E-state index in [-0.39, 0.29) is 40.2 Å². The Morgan fingerprint density at radius 2 is 1.81 bits per heavy atom. The summed E-state index contributed by atoms with van der Waals surface area (Å²) in [5.74, 6) is -1.66. The van der Waals surface area contributed by atoms with E-state index in [0.29, 0.717) is 11.8 Å². The van der Waals surface area contributed by atoms with Crippen molar-refractivity contribution >= 4 is 32.8 Å². The summed E-state index contributed by atoms with van der Waals surface area (Å²) in [4.78, 5) is 3.99. The summed E-state index contributed by atoms with van der Waals surface area (Å²) in [5, 5.41) is 3.01. The van der Waals surface area contributed by atoms with Crippen molar-refractivity contribution in [3.05, 3.63) is 60.3 Å². The maximum absolute atomic E-state index is 14.1. The number of anilines is 4. The van der Waals surface area contributed by atoms with E-state index < -0.39 is 21.7 Å². The molecule has 8 nitrogen and oxygen atoms in total. The highest BCUT2D eigenvalue weighted by Gasteiger charge is 2.15. The number of methoxy groups -OCH3 is 1. The van der Waals surface area contributed by atoms with Gasteiger partial charge in [0.25, 0.3) is 0 Å². The molecule has 0 spiro atoms. The van der Waals surface area contributed by atoms with Crippen molar-refractivity contribution in [1.29, 1.82) is 0 Å². The third-order valence-corrected chi connectivity index (χ3v) is 5.47. The van der Waals surface area contributed by atoms with Crippen molar-refractivity contribution in [3.8, 4) is 17.4 Å². The second-order valence-electron chi connectivity index (χ2n) is 6.30. The first-order chi connectivity index (χ1) is 14.7. The zero-order valence-electron chi connectivity index (χ0n) is 16.6. The van der Waals surface area contributed by atoms with Gasteiger partial charge in [0.05, 0.1) is 29.9 Å². The number of nitrogen functional groups attached to an aromatic ring is 1. The molecule has 0 radical (unpaired) electrons. The molecule has 0 atom stereocenters. The molecular weight excluding hydrogens is 430 g/mol. The summed E-state index contributed by atoms with van der Waals surface area (Å²) < 4.78 is 64.3. The fourth-order valence-corrected chi connectivity index (χ4v) is 3.21. The third kappa shape index (κ3) is 5.31. The van der Waals surface area contributed by atoms with Crippen molar-refractivity contribution in [1.82, 2.24) is 4.98 Å². The van der Waals surface area contributed by atoms with Crippen LogP contribution in [0.25, 0.3) is 0 Å². The Morgan fingerprint density at radius 3 is 2.48 bits per heavy atom. The van der Waals surface area contributed by atoms with E-state index in [9.17, 15) is 17.2 Å². The van der Waals surface area contributed by atoms with Crippen LogP contribution in [0.1, 0.15) is 6.92 Å². The molecule has 0 saturated carbocycles. The Morgan fingerprint density at radius 1 is 1.06 bits per heavy atom. The van der Waals surface area contributed by atoms with Crippen LogP contribution in [0.2, 0.25) is 0 Å². The lowest BCUT2D eigenvalue weighted by atomic mass is 10.2. The Labute approximate surface area is 178 Å². The lowest BCUT2D eigenvalue weighted by Gasteiger charge is -2.17. The smallest absolute Gasteiger partial charge is 0.239 e. The molecular formula is C20H20F2N4O4S. The highest BCUT2D eigenvalue weighted by atomic mass is 32.2. The Kier molecular flexibility index (Phi) is 6.44. The first kappa shape index (κ1) is 22.1. The van der Waals surface area contributed by atoms with Gasteiger partial charge in [0.2, 0.25) is 15.9 Å². The predicted octanol–water partition coefficient (Wildman–Crippen LogP) is 4.25. The molecule has 0 aliphatic rings. The average Bonchev–Trinajstić information content (AvgIpc) is 2.73. The summed E-state index contributed by atoms with van der Waals surface area (Å²) in [7, 11) is -2.13. The van der Waals surface area contributed by atoms with Gasteiger partial charge in [0.1, 0.15) is 11.5 Å². The topological polar surface area (TPSA) is 116 Å². The highest BCUT2D eigenvalue weighted by Crippen LogP contribution is 2.37. The summed E-state index contributed by atoms with van der Waals surface area (Å²) in [6, 6.07) is 8.81. The number of sulfonamides is 1. The summed E-state index contributed by atoms with van der Waals surface area (Å²) in [6.07, 6.45) is 1.46. The van der Waals surface area contributed by atoms with Gasteiger partial charge >= 0.3 is 0 Å². The number of pyridine rings is 1. The minimum absolute atomic E-state index is 0.122. The molecule has 0 aliphatic carbocycles. The van der Waals surface area contributed by atoms with E-state index in [2.05, 4.69) is 15.0 Å². The van der Waals surface area contributed by atoms with E-state index in [1.54, 1.807) is 6.07 Å². The predicted molar refractivity (Wildman–Crippen MR) is 114 cm³/mol. The van der Waals surface area contributed by atoms with Crippen LogP contribution in [0.5, 0.6) is 17.4 Å². The standard InChI is InChI=1S/C20H20F2N4O4S/c1-3-31(27,28)26-13-5-7-18(30-17-6-4-12(21)10-14(17)22)16(11-13)25-15-8-9-24-20(29-2)19(15)23/h4-11,26H,3,23H2,1-2H3,(H,24,25). The van der Waals surface area contributed by atoms with Gasteiger partial charge in [-0.1, -0.05) is 0 Å². The highest BCUT2D eigenvalue weighted by molar-refractivity contribution is 7.92. The van der Waals surface area contributed by atoms with E-state index in [1.165, 1.54) is 38.4 Å². The van der Waals surface area contributed by atoms with Gasteiger partial charge in [-0.3, -0.25) is 4.72 Å². The van der Waals surface area contributed by atoms with Crippen LogP contribution in [0.15, 0.2) is 48.7 Å². The van der Waals surface area contributed by atoms with Crippen LogP contribution >= 0.6 is 0 Å². The second kappa shape index (κ2) is 9.04. The van der Waals surface area contributed by atoms with E-state index in [4.69, 9.17) is 15.2 Å². The molecule has 1 heterocycles. The number of benzene rings is 2. The van der Waals surface area contributed by atoms with Gasteiger partial charge in [-0.05, 0) is 43.3 Å². The Hall–Kier alpha value is -3.60. The number of aromatic nitrogens is 1. The first-order valence-electron chi connectivity index (χ1n) is 9.05. The largest absolute Gasteiger partial charge is 0.479 e. The lowest BCUT2D eigenvalue weighted by molar-refractivity contribution is 0.400. The van der Waals surface area contributed by atoms with Gasteiger partial charge in [0, 0.05) is 12.3 Å². The number of hydrogen-bond donors (Lipinski definition) is 3. The summed E-state index contributed by atoms with van der Waals surface area (Å²) in [6.45, 7) is 1.50. The molecule has 11 heteroatoms. The second-order valence-corrected chi connectivity index (χ2v) is 8.31. The number of halogens is 2. The quantitative estimate of drug-likeness (QED) is 0.470. The molecule has 4 N–H and O–H groups in total. The van der Waals surface area contributed by atoms with Crippen molar-refractivity contribution in [2.45, 2.75) is 6.92 Å². The minimum Gasteiger partial charge on any atom is -0.479 e. The van der Waals surface area contributed by atoms with Gasteiger partial charge in [-0.2, -0.15) is 0 Å². The number of hydrogen-bond acceptors (Lipinski definition) is 7. The molecule has 0 bridgehead atoms. The Balaban J connectivity index is 2.03. The maximum Gasteiger partial charge on any atom is 0.239 e. The van der Waals surface area contributed by atoms with Crippen LogP contribution in [0, 0.1) is 11.6 Å². The van der Waals surface area contributed by atoms with Gasteiger partial charge in [-0.25, -0.2) is 22.2 Å². The molecule has 2 aromatic carbocycles. The van der Waals surface area contributed by atoms with Gasteiger partial charge in [-0.15, -0.1) is 0 Å². The van der Waals surface area contributed by atoms with Gasteiger partial charge < -0.3 is 20.5 Å². The zero-order valence-corrected chi connectivity index (χ0v) is 17.5. The molecule has 3 rings (SSSR count). The minimum atomic E-state index is -3.54. The van der Waals surface area contributed by atoms with Crippen molar-refractivity contribution in [3.63, 3.8) is 0 Å². The van der Waals surface area contributed by atoms with Crippen LogP contribution < -0.4 is 25.2 Å². The van der Waals surface area contributed by atoms with E-state index >= 15 is 0 Å². The number of ether oxygens (including phenoxy) is 2. The van der Waals surface area contributed by atoms with Crippen LogP contribution in [0.4, 0.5) is 31.5 Å². The molecule has 0 amide bonds. The molecule has 31 heavy (non-hydrogen) atoms. The van der Waals surface area contributed by atoms with E-state index in [0.717, 1.165) is 12.1 Å². The first-order valence-corrected chi connectivity index (χ1v) is 10.7. The van der Waals surface area contributed by atoms with Crippen molar-refractivity contribution < 1.29 is 26.7 Å².